The van der Waals surface area contributed by atoms with Crippen LogP contribution >= 0.6 is 11.8 Å². The standard InChI is InChI=1S/C34H23N3S/c1-3-11-24(12-4-1)27-21-30(25-13-5-2-6-14-25)35-31(22-27)34-36-29-16-8-9-17-32(29)37(34)23-26-19-20-38-33-18-10-7-15-28(26)33/h1-18,21-22,26H,23H2. The zero-order chi connectivity index (χ0) is 25.3. The van der Waals surface area contributed by atoms with Gasteiger partial charge in [-0.15, -0.1) is 0 Å². The van der Waals surface area contributed by atoms with Crippen LogP contribution in [-0.4, -0.2) is 14.5 Å². The van der Waals surface area contributed by atoms with Crippen molar-refractivity contribution in [2.75, 3.05) is 0 Å². The van der Waals surface area contributed by atoms with Gasteiger partial charge in [-0.25, -0.2) is 9.97 Å². The zero-order valence-corrected chi connectivity index (χ0v) is 21.4. The quantitative estimate of drug-likeness (QED) is 0.221. The molecule has 3 heterocycles. The van der Waals surface area contributed by atoms with Crippen LogP contribution in [0, 0.1) is 11.2 Å². The molecule has 0 saturated carbocycles. The number of hydrogen-bond donors (Lipinski definition) is 0. The molecule has 6 aromatic rings. The summed E-state index contributed by atoms with van der Waals surface area (Å²) in [6.45, 7) is 0.707. The molecule has 180 valence electrons. The van der Waals surface area contributed by atoms with Crippen molar-refractivity contribution in [3.8, 4) is 45.1 Å². The number of thioether (sulfide) groups is 1. The van der Waals surface area contributed by atoms with Crippen molar-refractivity contribution in [1.29, 1.82) is 0 Å². The van der Waals surface area contributed by atoms with E-state index in [0.717, 1.165) is 44.9 Å². The molecular formula is C34H23N3S. The van der Waals surface area contributed by atoms with Crippen molar-refractivity contribution in [3.05, 3.63) is 127 Å². The molecule has 0 spiro atoms. The number of para-hydroxylation sites is 2. The summed E-state index contributed by atoms with van der Waals surface area (Å²) in [5.41, 5.74) is 8.46. The van der Waals surface area contributed by atoms with Gasteiger partial charge in [-0.2, -0.15) is 0 Å². The number of hydrogen-bond acceptors (Lipinski definition) is 3. The van der Waals surface area contributed by atoms with Gasteiger partial charge >= 0.3 is 0 Å². The third-order valence-electron chi connectivity index (χ3n) is 6.94. The molecule has 1 atom stereocenters. The molecule has 0 radical (unpaired) electrons. The Kier molecular flexibility index (Phi) is 5.77. The van der Waals surface area contributed by atoms with Gasteiger partial charge in [0, 0.05) is 17.0 Å². The Morgan fingerprint density at radius 1 is 0.658 bits per heavy atom. The highest BCUT2D eigenvalue weighted by Gasteiger charge is 2.22. The fourth-order valence-electron chi connectivity index (χ4n) is 5.08. The maximum atomic E-state index is 5.17. The first-order chi connectivity index (χ1) is 18.8. The molecule has 3 nitrogen and oxygen atoms in total. The number of fused-ring (bicyclic) bond motifs is 2. The summed E-state index contributed by atoms with van der Waals surface area (Å²) in [6.07, 6.45) is 0. The summed E-state index contributed by atoms with van der Waals surface area (Å²) in [5.74, 6) is 4.41. The molecule has 0 fully saturated rings. The minimum absolute atomic E-state index is 0.0784. The van der Waals surface area contributed by atoms with E-state index in [0.29, 0.717) is 6.54 Å². The van der Waals surface area contributed by atoms with E-state index in [-0.39, 0.29) is 5.92 Å². The van der Waals surface area contributed by atoms with Gasteiger partial charge in [0.05, 0.1) is 22.6 Å². The van der Waals surface area contributed by atoms with Crippen molar-refractivity contribution in [3.63, 3.8) is 0 Å². The van der Waals surface area contributed by atoms with Gasteiger partial charge < -0.3 is 4.57 Å². The van der Waals surface area contributed by atoms with E-state index in [1.165, 1.54) is 10.5 Å². The molecule has 7 rings (SSSR count). The molecule has 38 heavy (non-hydrogen) atoms. The van der Waals surface area contributed by atoms with Crippen LogP contribution < -0.4 is 0 Å². The summed E-state index contributed by atoms with van der Waals surface area (Å²) >= 11 is 1.61. The monoisotopic (exact) mass is 505 g/mol. The normalized spacial score (nSPS) is 14.1. The van der Waals surface area contributed by atoms with E-state index < -0.39 is 0 Å². The van der Waals surface area contributed by atoms with Crippen LogP contribution in [0.1, 0.15) is 11.5 Å². The van der Waals surface area contributed by atoms with E-state index in [1.54, 1.807) is 11.8 Å². The number of imidazole rings is 1. The lowest BCUT2D eigenvalue weighted by molar-refractivity contribution is 0.663. The topological polar surface area (TPSA) is 30.7 Å². The predicted molar refractivity (Wildman–Crippen MR) is 157 cm³/mol. The van der Waals surface area contributed by atoms with Crippen LogP contribution in [0.5, 0.6) is 0 Å². The summed E-state index contributed by atoms with van der Waals surface area (Å²) in [5, 5.41) is 3.29. The minimum Gasteiger partial charge on any atom is -0.321 e. The lowest BCUT2D eigenvalue weighted by Crippen LogP contribution is -2.12. The summed E-state index contributed by atoms with van der Waals surface area (Å²) in [7, 11) is 0. The Morgan fingerprint density at radius 3 is 2.18 bits per heavy atom. The second kappa shape index (κ2) is 9.70. The third kappa shape index (κ3) is 4.18. The average Bonchev–Trinajstić information content (AvgIpc) is 3.36. The molecule has 0 N–H and O–H groups in total. The second-order valence-electron chi connectivity index (χ2n) is 9.33. The molecule has 1 aliphatic heterocycles. The molecule has 1 aliphatic rings. The largest absolute Gasteiger partial charge is 0.321 e. The molecule has 1 unspecified atom stereocenters. The van der Waals surface area contributed by atoms with E-state index in [4.69, 9.17) is 9.97 Å². The van der Waals surface area contributed by atoms with Crippen LogP contribution in [0.2, 0.25) is 0 Å². The van der Waals surface area contributed by atoms with Crippen molar-refractivity contribution in [2.45, 2.75) is 17.4 Å². The van der Waals surface area contributed by atoms with Gasteiger partial charge in [0.25, 0.3) is 0 Å². The molecule has 2 aromatic heterocycles. The Morgan fingerprint density at radius 2 is 1.34 bits per heavy atom. The Balaban J connectivity index is 1.42. The van der Waals surface area contributed by atoms with Gasteiger partial charge in [0.15, 0.2) is 5.82 Å². The highest BCUT2D eigenvalue weighted by atomic mass is 32.2. The Hall–Kier alpha value is -4.59. The Labute approximate surface area is 226 Å². The average molecular weight is 506 g/mol. The smallest absolute Gasteiger partial charge is 0.159 e. The van der Waals surface area contributed by atoms with Crippen LogP contribution in [0.3, 0.4) is 0 Å². The lowest BCUT2D eigenvalue weighted by Gasteiger charge is -2.20. The van der Waals surface area contributed by atoms with Crippen LogP contribution in [0.25, 0.3) is 44.9 Å². The minimum atomic E-state index is 0.0784. The highest BCUT2D eigenvalue weighted by Crippen LogP contribution is 2.36. The molecule has 0 aliphatic carbocycles. The predicted octanol–water partition coefficient (Wildman–Crippen LogP) is 8.28. The maximum absolute atomic E-state index is 5.17. The number of rotatable bonds is 5. The maximum Gasteiger partial charge on any atom is 0.159 e. The van der Waals surface area contributed by atoms with Crippen molar-refractivity contribution >= 4 is 22.8 Å². The first-order valence-electron chi connectivity index (χ1n) is 12.7. The summed E-state index contributed by atoms with van der Waals surface area (Å²) < 4.78 is 2.30. The molecule has 4 heteroatoms. The zero-order valence-electron chi connectivity index (χ0n) is 20.6. The fourth-order valence-corrected chi connectivity index (χ4v) is 5.86. The third-order valence-corrected chi connectivity index (χ3v) is 7.75. The van der Waals surface area contributed by atoms with Crippen molar-refractivity contribution in [2.24, 2.45) is 0 Å². The first kappa shape index (κ1) is 22.6. The van der Waals surface area contributed by atoms with Crippen molar-refractivity contribution < 1.29 is 0 Å². The molecule has 0 bridgehead atoms. The number of benzene rings is 4. The molecule has 0 saturated heterocycles. The van der Waals surface area contributed by atoms with E-state index in [9.17, 15) is 0 Å². The van der Waals surface area contributed by atoms with Crippen LogP contribution in [0.15, 0.2) is 126 Å². The van der Waals surface area contributed by atoms with E-state index >= 15 is 0 Å². The molecule has 0 amide bonds. The first-order valence-corrected chi connectivity index (χ1v) is 13.5. The SMILES string of the molecule is C1#CC(Cn2c(-c3cc(-c4ccccc4)cc(-c4ccccc4)n3)nc3ccccc32)c2ccccc2S1. The fraction of sp³-hybridized carbons (Fsp3) is 0.0588. The van der Waals surface area contributed by atoms with Gasteiger partial charge in [0.2, 0.25) is 0 Å². The van der Waals surface area contributed by atoms with Gasteiger partial charge in [-0.05, 0) is 64.0 Å². The Bertz CT molecular complexity index is 1770. The number of pyridine rings is 1. The molecular weight excluding hydrogens is 482 g/mol. The van der Waals surface area contributed by atoms with Gasteiger partial charge in [0.1, 0.15) is 5.69 Å². The molecule has 4 aromatic carbocycles. The number of nitrogens with zero attached hydrogens (tertiary/aromatic N) is 3. The summed E-state index contributed by atoms with van der Waals surface area (Å²) in [6, 6.07) is 42.0. The van der Waals surface area contributed by atoms with Crippen LogP contribution in [0.4, 0.5) is 0 Å². The van der Waals surface area contributed by atoms with Gasteiger partial charge in [-0.1, -0.05) is 96.9 Å². The number of aromatic nitrogens is 3. The van der Waals surface area contributed by atoms with E-state index in [2.05, 4.69) is 119 Å². The van der Waals surface area contributed by atoms with E-state index in [1.807, 2.05) is 18.2 Å². The summed E-state index contributed by atoms with van der Waals surface area (Å²) in [4.78, 5) is 11.5. The second-order valence-corrected chi connectivity index (χ2v) is 10.2. The van der Waals surface area contributed by atoms with Crippen LogP contribution in [-0.2, 0) is 6.54 Å². The van der Waals surface area contributed by atoms with Crippen molar-refractivity contribution in [1.82, 2.24) is 14.5 Å². The van der Waals surface area contributed by atoms with Gasteiger partial charge in [-0.3, -0.25) is 0 Å². The highest BCUT2D eigenvalue weighted by molar-refractivity contribution is 8.04. The lowest BCUT2D eigenvalue weighted by atomic mass is 9.99.